The number of nitro groups is 1. The monoisotopic (exact) mass is 282 g/mol. The first kappa shape index (κ1) is 13.1. The average Bonchev–Trinajstić information content (AvgIpc) is 3.08. The van der Waals surface area contributed by atoms with E-state index < -0.39 is 16.6 Å². The van der Waals surface area contributed by atoms with Crippen molar-refractivity contribution in [2.24, 2.45) is 0 Å². The Bertz CT molecular complexity index is 534. The number of hydrogen-bond acceptors (Lipinski definition) is 6. The first-order chi connectivity index (χ1) is 9.60. The molecule has 1 aromatic heterocycles. The molecule has 3 rings (SSSR count). The van der Waals surface area contributed by atoms with Gasteiger partial charge in [-0.05, 0) is 12.5 Å². The lowest BCUT2D eigenvalue weighted by Gasteiger charge is -2.38. The average molecular weight is 282 g/mol. The zero-order chi connectivity index (χ0) is 14.2. The Labute approximate surface area is 114 Å². The third kappa shape index (κ3) is 2.27. The Morgan fingerprint density at radius 3 is 2.75 bits per heavy atom. The highest BCUT2D eigenvalue weighted by Crippen LogP contribution is 2.31. The minimum Gasteiger partial charge on any atom is -0.395 e. The fourth-order valence-electron chi connectivity index (χ4n) is 2.59. The lowest BCUT2D eigenvalue weighted by Crippen LogP contribution is -2.50. The first-order valence-corrected chi connectivity index (χ1v) is 6.41. The van der Waals surface area contributed by atoms with E-state index in [1.807, 2.05) is 0 Å². The van der Waals surface area contributed by atoms with Crippen LogP contribution < -0.4 is 0 Å². The van der Waals surface area contributed by atoms with Gasteiger partial charge in [0, 0.05) is 13.0 Å². The summed E-state index contributed by atoms with van der Waals surface area (Å²) >= 11 is 0. The Hall–Kier alpha value is -1.93. The molecule has 0 aliphatic carbocycles. The van der Waals surface area contributed by atoms with Crippen LogP contribution in [0.5, 0.6) is 0 Å². The second kappa shape index (κ2) is 4.88. The molecule has 8 heteroatoms. The summed E-state index contributed by atoms with van der Waals surface area (Å²) in [6.07, 6.45) is 1.50. The zero-order valence-electron chi connectivity index (χ0n) is 10.7. The summed E-state index contributed by atoms with van der Waals surface area (Å²) in [4.78, 5) is 23.7. The Kier molecular flexibility index (Phi) is 3.19. The SMILES string of the molecule is O=C(c1ccc([N+](=O)[O-])o1)N1CCCC2(C1)OCCO2. The molecule has 0 aromatic carbocycles. The largest absolute Gasteiger partial charge is 0.433 e. The van der Waals surface area contributed by atoms with Gasteiger partial charge in [0.15, 0.2) is 11.5 Å². The van der Waals surface area contributed by atoms with Crippen LogP contribution in [0.1, 0.15) is 23.4 Å². The molecule has 0 bridgehead atoms. The van der Waals surface area contributed by atoms with Gasteiger partial charge in [0.25, 0.3) is 5.91 Å². The van der Waals surface area contributed by atoms with Crippen molar-refractivity contribution in [2.75, 3.05) is 26.3 Å². The van der Waals surface area contributed by atoms with Gasteiger partial charge in [-0.15, -0.1) is 0 Å². The maximum Gasteiger partial charge on any atom is 0.433 e. The number of likely N-dealkylation sites (tertiary alicyclic amines) is 1. The molecule has 1 amide bonds. The van der Waals surface area contributed by atoms with Crippen LogP contribution in [-0.4, -0.2) is 47.8 Å². The molecule has 0 radical (unpaired) electrons. The number of hydrogen-bond donors (Lipinski definition) is 0. The summed E-state index contributed by atoms with van der Waals surface area (Å²) in [5.41, 5.74) is 0. The number of nitrogens with zero attached hydrogens (tertiary/aromatic N) is 2. The molecule has 0 atom stereocenters. The summed E-state index contributed by atoms with van der Waals surface area (Å²) in [6.45, 7) is 1.92. The topological polar surface area (TPSA) is 95.0 Å². The van der Waals surface area contributed by atoms with Gasteiger partial charge >= 0.3 is 5.88 Å². The first-order valence-electron chi connectivity index (χ1n) is 6.41. The molecule has 2 aliphatic rings. The van der Waals surface area contributed by atoms with Gasteiger partial charge in [-0.3, -0.25) is 14.9 Å². The van der Waals surface area contributed by atoms with Crippen LogP contribution in [0.3, 0.4) is 0 Å². The molecule has 2 saturated heterocycles. The molecule has 20 heavy (non-hydrogen) atoms. The lowest BCUT2D eigenvalue weighted by molar-refractivity contribution is -0.402. The standard InChI is InChI=1S/C12H14N2O6/c15-11(9-2-3-10(20-9)14(16)17)13-5-1-4-12(8-13)18-6-7-19-12/h2-3H,1,4-8H2. The fourth-order valence-corrected chi connectivity index (χ4v) is 2.59. The third-order valence-electron chi connectivity index (χ3n) is 3.50. The van der Waals surface area contributed by atoms with Gasteiger partial charge in [-0.2, -0.15) is 0 Å². The van der Waals surface area contributed by atoms with Crippen molar-refractivity contribution in [1.29, 1.82) is 0 Å². The Balaban J connectivity index is 1.74. The highest BCUT2D eigenvalue weighted by Gasteiger charge is 2.42. The van der Waals surface area contributed by atoms with Crippen LogP contribution in [0.4, 0.5) is 5.88 Å². The van der Waals surface area contributed by atoms with Crippen LogP contribution >= 0.6 is 0 Å². The minimum atomic E-state index is -0.716. The van der Waals surface area contributed by atoms with Crippen LogP contribution in [0.25, 0.3) is 0 Å². The summed E-state index contributed by atoms with van der Waals surface area (Å²) in [5.74, 6) is -1.57. The molecule has 2 aliphatic heterocycles. The molecular formula is C12H14N2O6. The van der Waals surface area contributed by atoms with E-state index in [1.165, 1.54) is 12.1 Å². The zero-order valence-corrected chi connectivity index (χ0v) is 10.7. The van der Waals surface area contributed by atoms with E-state index in [1.54, 1.807) is 4.90 Å². The smallest absolute Gasteiger partial charge is 0.395 e. The van der Waals surface area contributed by atoms with Gasteiger partial charge in [0.1, 0.15) is 4.92 Å². The second-order valence-electron chi connectivity index (χ2n) is 4.83. The van der Waals surface area contributed by atoms with E-state index >= 15 is 0 Å². The number of rotatable bonds is 2. The number of furan rings is 1. The van der Waals surface area contributed by atoms with E-state index in [4.69, 9.17) is 13.9 Å². The predicted octanol–water partition coefficient (Wildman–Crippen LogP) is 1.17. The van der Waals surface area contributed by atoms with Gasteiger partial charge in [-0.25, -0.2) is 0 Å². The van der Waals surface area contributed by atoms with Crippen molar-refractivity contribution in [2.45, 2.75) is 18.6 Å². The molecule has 1 aromatic rings. The molecular weight excluding hydrogens is 268 g/mol. The van der Waals surface area contributed by atoms with Crippen molar-refractivity contribution < 1.29 is 23.6 Å². The van der Waals surface area contributed by atoms with Crippen LogP contribution in [0.15, 0.2) is 16.5 Å². The van der Waals surface area contributed by atoms with Gasteiger partial charge in [0.05, 0.1) is 25.8 Å². The van der Waals surface area contributed by atoms with Gasteiger partial charge in [-0.1, -0.05) is 0 Å². The highest BCUT2D eigenvalue weighted by molar-refractivity contribution is 5.91. The lowest BCUT2D eigenvalue weighted by atomic mass is 10.0. The predicted molar refractivity (Wildman–Crippen MR) is 65.1 cm³/mol. The molecule has 1 spiro atoms. The van der Waals surface area contributed by atoms with Gasteiger partial charge < -0.3 is 18.8 Å². The van der Waals surface area contributed by atoms with E-state index in [9.17, 15) is 14.9 Å². The maximum absolute atomic E-state index is 12.3. The quantitative estimate of drug-likeness (QED) is 0.596. The van der Waals surface area contributed by atoms with E-state index in [0.717, 1.165) is 12.8 Å². The van der Waals surface area contributed by atoms with Crippen molar-refractivity contribution in [3.05, 3.63) is 28.0 Å². The number of amides is 1. The summed E-state index contributed by atoms with van der Waals surface area (Å²) in [7, 11) is 0. The number of carbonyl (C=O) groups is 1. The van der Waals surface area contributed by atoms with Crippen molar-refractivity contribution in [3.63, 3.8) is 0 Å². The Morgan fingerprint density at radius 2 is 2.10 bits per heavy atom. The molecule has 108 valence electrons. The second-order valence-corrected chi connectivity index (χ2v) is 4.83. The molecule has 0 saturated carbocycles. The molecule has 3 heterocycles. The summed E-state index contributed by atoms with van der Waals surface area (Å²) in [5, 5.41) is 10.6. The molecule has 0 N–H and O–H groups in total. The number of piperidine rings is 1. The van der Waals surface area contributed by atoms with Crippen LogP contribution in [0.2, 0.25) is 0 Å². The summed E-state index contributed by atoms with van der Waals surface area (Å²) < 4.78 is 16.1. The summed E-state index contributed by atoms with van der Waals surface area (Å²) in [6, 6.07) is 2.49. The fraction of sp³-hybridized carbons (Fsp3) is 0.583. The third-order valence-corrected chi connectivity index (χ3v) is 3.50. The molecule has 0 unspecified atom stereocenters. The maximum atomic E-state index is 12.3. The minimum absolute atomic E-state index is 0.0354. The highest BCUT2D eigenvalue weighted by atomic mass is 16.7. The normalized spacial score (nSPS) is 21.3. The van der Waals surface area contributed by atoms with Crippen molar-refractivity contribution in [3.8, 4) is 0 Å². The number of ether oxygens (including phenoxy) is 2. The van der Waals surface area contributed by atoms with Crippen LogP contribution in [-0.2, 0) is 9.47 Å². The Morgan fingerprint density at radius 1 is 1.35 bits per heavy atom. The van der Waals surface area contributed by atoms with Crippen LogP contribution in [0, 0.1) is 10.1 Å². The van der Waals surface area contributed by atoms with E-state index in [0.29, 0.717) is 26.3 Å². The van der Waals surface area contributed by atoms with E-state index in [2.05, 4.69) is 0 Å². The molecule has 2 fully saturated rings. The number of carbonyl (C=O) groups excluding carboxylic acids is 1. The molecule has 8 nitrogen and oxygen atoms in total. The van der Waals surface area contributed by atoms with Crippen molar-refractivity contribution in [1.82, 2.24) is 4.90 Å². The van der Waals surface area contributed by atoms with Gasteiger partial charge in [0.2, 0.25) is 0 Å². The van der Waals surface area contributed by atoms with Crippen molar-refractivity contribution >= 4 is 11.8 Å². The van der Waals surface area contributed by atoms with E-state index in [-0.39, 0.29) is 11.7 Å².